The van der Waals surface area contributed by atoms with Gasteiger partial charge in [0.1, 0.15) is 0 Å². The van der Waals surface area contributed by atoms with Crippen LogP contribution in [0.4, 0.5) is 0 Å². The number of unbranched alkanes of at least 4 members (excludes halogenated alkanes) is 2. The Labute approximate surface area is 269 Å². The van der Waals surface area contributed by atoms with Crippen molar-refractivity contribution >= 4 is 15.6 Å². The molecular formula is C28H40N4O13P2. The van der Waals surface area contributed by atoms with Crippen molar-refractivity contribution in [3.63, 3.8) is 0 Å². The fraction of sp³-hybridized carbons (Fsp3) is 0.643. The van der Waals surface area contributed by atoms with Gasteiger partial charge in [0.2, 0.25) is 0 Å². The molecule has 2 heterocycles. The lowest BCUT2D eigenvalue weighted by molar-refractivity contribution is 0.0403. The van der Waals surface area contributed by atoms with Crippen LogP contribution in [0.2, 0.25) is 0 Å². The molecule has 2 aliphatic rings. The molecule has 2 aromatic rings. The Bertz CT molecular complexity index is 1790. The van der Waals surface area contributed by atoms with Crippen molar-refractivity contribution in [2.75, 3.05) is 19.8 Å². The number of hydrogen-bond acceptors (Lipinski definition) is 11. The number of aromatic nitrogens is 4. The van der Waals surface area contributed by atoms with Crippen LogP contribution in [-0.4, -0.2) is 66.0 Å². The minimum absolute atomic E-state index is 0.0153. The molecule has 0 saturated heterocycles. The number of aliphatic hydroxyl groups excluding tert-OH is 1. The Kier molecular flexibility index (Phi) is 12.2. The first-order valence-corrected chi connectivity index (χ1v) is 18.1. The zero-order chi connectivity index (χ0) is 34.5. The van der Waals surface area contributed by atoms with Crippen molar-refractivity contribution in [1.82, 2.24) is 19.1 Å². The molecule has 17 nitrogen and oxygen atoms in total. The standard InChI is InChI=1S/C28H40N4O13P2/c1-4-5-6-7-8-42-46(38,39)43-16-20-10-22(32-14-18(3)26(35)30-28(32)37)12-24(20)45-47(40,41)44-15-19-9-21(11-23(19)33)31-13-17(2)25(34)29-27(31)36/h1,13-14,19-24,33H,5-12,15-16H2,2-3H3,(H,38,39)(H,40,41)(H,29,34,36)(H,30,35,37)/t19-,20-,21-,22-,23-,24-/m1/s1. The van der Waals surface area contributed by atoms with E-state index in [0.29, 0.717) is 24.8 Å². The second-order valence-electron chi connectivity index (χ2n) is 12.0. The van der Waals surface area contributed by atoms with Gasteiger partial charge in [-0.3, -0.25) is 46.8 Å². The maximum absolute atomic E-state index is 13.1. The fourth-order valence-corrected chi connectivity index (χ4v) is 7.77. The molecule has 19 heteroatoms. The summed E-state index contributed by atoms with van der Waals surface area (Å²) in [6.45, 7) is 2.12. The Morgan fingerprint density at radius 2 is 1.36 bits per heavy atom. The molecular weight excluding hydrogens is 662 g/mol. The Morgan fingerprint density at radius 3 is 1.96 bits per heavy atom. The third-order valence-corrected chi connectivity index (χ3v) is 10.5. The van der Waals surface area contributed by atoms with Crippen LogP contribution in [0.25, 0.3) is 0 Å². The summed E-state index contributed by atoms with van der Waals surface area (Å²) in [5, 5.41) is 10.6. The van der Waals surface area contributed by atoms with E-state index in [1.807, 2.05) is 0 Å². The molecule has 0 spiro atoms. The topological polar surface area (TPSA) is 241 Å². The smallest absolute Gasteiger partial charge is 0.393 e. The lowest BCUT2D eigenvalue weighted by Gasteiger charge is -2.24. The molecule has 2 fully saturated rings. The maximum atomic E-state index is 13.1. The molecule has 5 N–H and O–H groups in total. The molecule has 2 aromatic heterocycles. The van der Waals surface area contributed by atoms with Crippen molar-refractivity contribution in [2.24, 2.45) is 11.8 Å². The summed E-state index contributed by atoms with van der Waals surface area (Å²) in [4.78, 5) is 73.8. The molecule has 2 unspecified atom stereocenters. The van der Waals surface area contributed by atoms with Gasteiger partial charge >= 0.3 is 27.0 Å². The number of aryl methyl sites for hydroxylation is 2. The van der Waals surface area contributed by atoms with E-state index in [2.05, 4.69) is 15.9 Å². The van der Waals surface area contributed by atoms with E-state index in [9.17, 15) is 43.2 Å². The predicted octanol–water partition coefficient (Wildman–Crippen LogP) is 1.41. The van der Waals surface area contributed by atoms with E-state index in [4.69, 9.17) is 24.5 Å². The zero-order valence-corrected chi connectivity index (χ0v) is 27.8. The molecule has 0 aliphatic heterocycles. The lowest BCUT2D eigenvalue weighted by Crippen LogP contribution is -2.32. The molecule has 2 aliphatic carbocycles. The summed E-state index contributed by atoms with van der Waals surface area (Å²) in [5.41, 5.74) is -1.88. The summed E-state index contributed by atoms with van der Waals surface area (Å²) >= 11 is 0. The Balaban J connectivity index is 1.43. The maximum Gasteiger partial charge on any atom is 0.472 e. The van der Waals surface area contributed by atoms with Crippen LogP contribution in [0.3, 0.4) is 0 Å². The third kappa shape index (κ3) is 9.82. The van der Waals surface area contributed by atoms with E-state index in [0.717, 1.165) is 0 Å². The van der Waals surface area contributed by atoms with Crippen molar-refractivity contribution in [1.29, 1.82) is 0 Å². The highest BCUT2D eigenvalue weighted by Gasteiger charge is 2.43. The minimum Gasteiger partial charge on any atom is -0.393 e. The van der Waals surface area contributed by atoms with Crippen LogP contribution < -0.4 is 22.5 Å². The number of aliphatic hydroxyl groups is 1. The van der Waals surface area contributed by atoms with Gasteiger partial charge in [-0.1, -0.05) is 0 Å². The van der Waals surface area contributed by atoms with Crippen LogP contribution in [0.5, 0.6) is 0 Å². The van der Waals surface area contributed by atoms with Crippen LogP contribution in [-0.2, 0) is 27.2 Å². The molecule has 0 amide bonds. The van der Waals surface area contributed by atoms with Crippen molar-refractivity contribution in [2.45, 2.75) is 83.1 Å². The number of phosphoric ester groups is 2. The van der Waals surface area contributed by atoms with Gasteiger partial charge in [-0.25, -0.2) is 18.7 Å². The highest BCUT2D eigenvalue weighted by atomic mass is 31.2. The number of nitrogens with one attached hydrogen (secondary N) is 2. The van der Waals surface area contributed by atoms with Gasteiger partial charge in [0.05, 0.1) is 32.0 Å². The fourth-order valence-electron chi connectivity index (χ4n) is 5.91. The van der Waals surface area contributed by atoms with Crippen LogP contribution in [0.15, 0.2) is 31.6 Å². The average molecular weight is 703 g/mol. The minimum atomic E-state index is -4.82. The quantitative estimate of drug-likeness (QED) is 0.100. The molecule has 0 radical (unpaired) electrons. The van der Waals surface area contributed by atoms with Gasteiger partial charge < -0.3 is 14.9 Å². The van der Waals surface area contributed by atoms with E-state index in [1.54, 1.807) is 0 Å². The first-order valence-electron chi connectivity index (χ1n) is 15.1. The highest BCUT2D eigenvalue weighted by Crippen LogP contribution is 2.52. The number of terminal acetylenes is 1. The van der Waals surface area contributed by atoms with Gasteiger partial charge in [0, 0.05) is 53.9 Å². The van der Waals surface area contributed by atoms with E-state index in [1.165, 1.54) is 35.4 Å². The summed E-state index contributed by atoms with van der Waals surface area (Å²) in [5.74, 6) is 1.02. The molecule has 0 aromatic carbocycles. The van der Waals surface area contributed by atoms with Crippen LogP contribution >= 0.6 is 15.6 Å². The molecule has 47 heavy (non-hydrogen) atoms. The van der Waals surface area contributed by atoms with Gasteiger partial charge in [0.15, 0.2) is 0 Å². The van der Waals surface area contributed by atoms with E-state index >= 15 is 0 Å². The number of H-pyrrole nitrogens is 2. The molecule has 260 valence electrons. The average Bonchev–Trinajstić information content (AvgIpc) is 3.56. The number of phosphoric acid groups is 2. The normalized spacial score (nSPS) is 26.9. The second kappa shape index (κ2) is 15.5. The molecule has 0 bridgehead atoms. The molecule has 4 rings (SSSR count). The van der Waals surface area contributed by atoms with Gasteiger partial charge in [0.25, 0.3) is 11.1 Å². The highest BCUT2D eigenvalue weighted by molar-refractivity contribution is 7.47. The first-order chi connectivity index (χ1) is 22.1. The molecule has 8 atom stereocenters. The summed E-state index contributed by atoms with van der Waals surface area (Å²) < 4.78 is 49.2. The van der Waals surface area contributed by atoms with Crippen LogP contribution in [0, 0.1) is 38.0 Å². The van der Waals surface area contributed by atoms with Gasteiger partial charge in [-0.05, 0) is 52.4 Å². The van der Waals surface area contributed by atoms with Gasteiger partial charge in [-0.15, -0.1) is 12.3 Å². The largest absolute Gasteiger partial charge is 0.472 e. The Morgan fingerprint density at radius 1 is 0.830 bits per heavy atom. The van der Waals surface area contributed by atoms with Crippen molar-refractivity contribution in [3.05, 3.63) is 65.2 Å². The summed E-state index contributed by atoms with van der Waals surface area (Å²) in [7, 11) is -9.34. The lowest BCUT2D eigenvalue weighted by atomic mass is 10.1. The number of aromatic amines is 2. The summed E-state index contributed by atoms with van der Waals surface area (Å²) in [6, 6.07) is -1.14. The SMILES string of the molecule is C#CCCCCOP(=O)(O)OC[C@H]1C[C@@H](n2cc(C)c(=O)[nH]c2=O)C[C@H]1OP(=O)(O)OC[C@H]1C[C@@H](n2cc(C)c(=O)[nH]c2=O)C[C@H]1O. The van der Waals surface area contributed by atoms with Crippen molar-refractivity contribution in [3.8, 4) is 12.3 Å². The second-order valence-corrected chi connectivity index (χ2v) is 14.8. The van der Waals surface area contributed by atoms with Crippen LogP contribution in [0.1, 0.15) is 68.2 Å². The zero-order valence-electron chi connectivity index (χ0n) is 26.0. The van der Waals surface area contributed by atoms with E-state index < -0.39 is 87.5 Å². The first kappa shape index (κ1) is 36.9. The van der Waals surface area contributed by atoms with E-state index in [-0.39, 0.29) is 37.9 Å². The molecule has 2 saturated carbocycles. The monoisotopic (exact) mass is 702 g/mol. The van der Waals surface area contributed by atoms with Crippen molar-refractivity contribution < 1.29 is 42.1 Å². The number of nitrogens with zero attached hydrogens (tertiary/aromatic N) is 2. The van der Waals surface area contributed by atoms with Gasteiger partial charge in [-0.2, -0.15) is 0 Å². The summed E-state index contributed by atoms with van der Waals surface area (Å²) in [6.07, 6.45) is 7.77. The third-order valence-electron chi connectivity index (χ3n) is 8.46. The number of hydrogen-bond donors (Lipinski definition) is 5. The number of rotatable bonds is 15. The predicted molar refractivity (Wildman–Crippen MR) is 167 cm³/mol. The Hall–Kier alpha value is -2.90.